The van der Waals surface area contributed by atoms with E-state index in [1.54, 1.807) is 19.2 Å². The molecule has 0 aromatic heterocycles. The van der Waals surface area contributed by atoms with Crippen LogP contribution < -0.4 is 19.5 Å². The Hall–Kier alpha value is -2.12. The molecule has 1 aliphatic rings. The number of aryl methyl sites for hydroxylation is 1. The second kappa shape index (κ2) is 7.25. The van der Waals surface area contributed by atoms with Crippen molar-refractivity contribution in [3.63, 3.8) is 0 Å². The van der Waals surface area contributed by atoms with Crippen LogP contribution in [0.1, 0.15) is 18.4 Å². The number of ether oxygens (including phenoxy) is 2. The molecular formula is C18H21ClN2O4S. The number of nitrogens with zero attached hydrogens (tertiary/aromatic N) is 1. The predicted octanol–water partition coefficient (Wildman–Crippen LogP) is 3.47. The number of nitrogens with two attached hydrogens (primary N) is 1. The normalized spacial score (nSPS) is 14.5. The summed E-state index contributed by atoms with van der Waals surface area (Å²) in [6.45, 7) is 0.382. The van der Waals surface area contributed by atoms with Gasteiger partial charge in [0.2, 0.25) is 0 Å². The average Bonchev–Trinajstić information content (AvgIpc) is 2.85. The molecule has 2 N–H and O–H groups in total. The van der Waals surface area contributed by atoms with Gasteiger partial charge in [-0.25, -0.2) is 8.42 Å². The van der Waals surface area contributed by atoms with E-state index >= 15 is 0 Å². The summed E-state index contributed by atoms with van der Waals surface area (Å²) in [4.78, 5) is 0.00516. The number of sulfonamides is 1. The van der Waals surface area contributed by atoms with Crippen molar-refractivity contribution in [3.05, 3.63) is 40.9 Å². The number of halogens is 1. The summed E-state index contributed by atoms with van der Waals surface area (Å²) < 4.78 is 38.8. The molecule has 140 valence electrons. The fraction of sp³-hybridized carbons (Fsp3) is 0.333. The fourth-order valence-corrected chi connectivity index (χ4v) is 4.97. The van der Waals surface area contributed by atoms with Crippen molar-refractivity contribution in [1.82, 2.24) is 0 Å². The van der Waals surface area contributed by atoms with Crippen LogP contribution >= 0.6 is 11.6 Å². The smallest absolute Gasteiger partial charge is 0.268 e. The molecule has 0 fully saturated rings. The molecule has 8 heteroatoms. The number of hydrogen-bond acceptors (Lipinski definition) is 5. The summed E-state index contributed by atoms with van der Waals surface area (Å²) in [7, 11) is -0.875. The van der Waals surface area contributed by atoms with Gasteiger partial charge in [-0.1, -0.05) is 11.6 Å². The van der Waals surface area contributed by atoms with Crippen LogP contribution in [0.2, 0.25) is 5.02 Å². The quantitative estimate of drug-likeness (QED) is 0.800. The molecule has 0 amide bonds. The first kappa shape index (κ1) is 18.7. The van der Waals surface area contributed by atoms with E-state index < -0.39 is 10.0 Å². The third kappa shape index (κ3) is 3.29. The summed E-state index contributed by atoms with van der Waals surface area (Å²) in [5.74, 6) is 0.875. The third-order valence-electron chi connectivity index (χ3n) is 4.46. The zero-order valence-electron chi connectivity index (χ0n) is 14.7. The monoisotopic (exact) mass is 396 g/mol. The highest BCUT2D eigenvalue weighted by molar-refractivity contribution is 7.93. The number of anilines is 2. The molecule has 6 nitrogen and oxygen atoms in total. The molecule has 1 heterocycles. The first-order chi connectivity index (χ1) is 12.4. The highest BCUT2D eigenvalue weighted by Crippen LogP contribution is 2.38. The Bertz CT molecular complexity index is 931. The van der Waals surface area contributed by atoms with Gasteiger partial charge < -0.3 is 15.2 Å². The van der Waals surface area contributed by atoms with E-state index in [9.17, 15) is 8.42 Å². The highest BCUT2D eigenvalue weighted by atomic mass is 35.5. The molecule has 2 aromatic rings. The number of nitrogen functional groups attached to an aromatic ring is 1. The van der Waals surface area contributed by atoms with Crippen LogP contribution in [0, 0.1) is 0 Å². The summed E-state index contributed by atoms with van der Waals surface area (Å²) in [6.07, 6.45) is 2.44. The molecule has 0 unspecified atom stereocenters. The van der Waals surface area contributed by atoms with Gasteiger partial charge in [0.05, 0.1) is 30.6 Å². The Morgan fingerprint density at radius 3 is 2.58 bits per heavy atom. The van der Waals surface area contributed by atoms with Crippen molar-refractivity contribution in [3.8, 4) is 11.5 Å². The molecule has 0 saturated heterocycles. The number of benzene rings is 2. The Labute approximate surface area is 158 Å². The lowest BCUT2D eigenvalue weighted by molar-refractivity contribution is 0.402. The van der Waals surface area contributed by atoms with Crippen LogP contribution in [0.15, 0.2) is 35.2 Å². The second-order valence-electron chi connectivity index (χ2n) is 6.05. The molecule has 0 atom stereocenters. The standard InChI is InChI=1S/C18H21ClN2O4S/c1-24-13-6-7-16-12(9-13)5-3-4-8-21(16)26(22,23)18-11-15(20)14(19)10-17(18)25-2/h6-7,9-11H,3-5,8,20H2,1-2H3. The van der Waals surface area contributed by atoms with Crippen molar-refractivity contribution < 1.29 is 17.9 Å². The lowest BCUT2D eigenvalue weighted by Crippen LogP contribution is -2.32. The van der Waals surface area contributed by atoms with Crippen molar-refractivity contribution in [2.24, 2.45) is 0 Å². The minimum Gasteiger partial charge on any atom is -0.497 e. The van der Waals surface area contributed by atoms with Gasteiger partial charge in [-0.15, -0.1) is 0 Å². The van der Waals surface area contributed by atoms with Crippen LogP contribution in [-0.2, 0) is 16.4 Å². The zero-order valence-corrected chi connectivity index (χ0v) is 16.2. The van der Waals surface area contributed by atoms with E-state index in [-0.39, 0.29) is 21.4 Å². The Balaban J connectivity index is 2.15. The van der Waals surface area contributed by atoms with Gasteiger partial charge in [-0.2, -0.15) is 0 Å². The Morgan fingerprint density at radius 1 is 1.12 bits per heavy atom. The molecule has 0 bridgehead atoms. The van der Waals surface area contributed by atoms with Crippen molar-refractivity contribution in [1.29, 1.82) is 0 Å². The third-order valence-corrected chi connectivity index (χ3v) is 6.63. The predicted molar refractivity (Wildman–Crippen MR) is 103 cm³/mol. The van der Waals surface area contributed by atoms with Gasteiger partial charge in [0, 0.05) is 12.6 Å². The molecule has 26 heavy (non-hydrogen) atoms. The van der Waals surface area contributed by atoms with Crippen molar-refractivity contribution in [2.75, 3.05) is 30.8 Å². The highest BCUT2D eigenvalue weighted by Gasteiger charge is 2.31. The number of fused-ring (bicyclic) bond motifs is 1. The van der Waals surface area contributed by atoms with E-state index in [0.717, 1.165) is 24.8 Å². The first-order valence-corrected chi connectivity index (χ1v) is 10.0. The average molecular weight is 397 g/mol. The van der Waals surface area contributed by atoms with Gasteiger partial charge in [0.1, 0.15) is 16.4 Å². The topological polar surface area (TPSA) is 81.9 Å². The Morgan fingerprint density at radius 2 is 1.88 bits per heavy atom. The summed E-state index contributed by atoms with van der Waals surface area (Å²) >= 11 is 6.01. The molecule has 0 saturated carbocycles. The van der Waals surface area contributed by atoms with Crippen LogP contribution in [0.3, 0.4) is 0 Å². The second-order valence-corrected chi connectivity index (χ2v) is 8.29. The van der Waals surface area contributed by atoms with Gasteiger partial charge in [-0.05, 0) is 49.1 Å². The molecule has 2 aromatic carbocycles. The van der Waals surface area contributed by atoms with E-state index in [2.05, 4.69) is 0 Å². The van der Waals surface area contributed by atoms with E-state index in [1.807, 2.05) is 6.07 Å². The van der Waals surface area contributed by atoms with E-state index in [1.165, 1.54) is 23.5 Å². The number of rotatable bonds is 4. The molecule has 0 spiro atoms. The van der Waals surface area contributed by atoms with Gasteiger partial charge in [0.25, 0.3) is 10.0 Å². The molecule has 0 aliphatic carbocycles. The summed E-state index contributed by atoms with van der Waals surface area (Å²) in [5.41, 5.74) is 7.63. The SMILES string of the molecule is COc1ccc2c(c1)CCCCN2S(=O)(=O)c1cc(N)c(Cl)cc1OC. The van der Waals surface area contributed by atoms with Gasteiger partial charge in [-0.3, -0.25) is 4.31 Å². The fourth-order valence-electron chi connectivity index (χ4n) is 3.10. The Kier molecular flexibility index (Phi) is 5.20. The van der Waals surface area contributed by atoms with Crippen LogP contribution in [0.25, 0.3) is 0 Å². The largest absolute Gasteiger partial charge is 0.497 e. The first-order valence-electron chi connectivity index (χ1n) is 8.21. The lowest BCUT2D eigenvalue weighted by Gasteiger charge is -2.26. The van der Waals surface area contributed by atoms with Crippen molar-refractivity contribution >= 4 is 33.0 Å². The number of methoxy groups -OCH3 is 2. The maximum Gasteiger partial charge on any atom is 0.268 e. The van der Waals surface area contributed by atoms with Crippen LogP contribution in [0.5, 0.6) is 11.5 Å². The zero-order chi connectivity index (χ0) is 18.9. The van der Waals surface area contributed by atoms with Crippen LogP contribution in [0.4, 0.5) is 11.4 Å². The molecule has 0 radical (unpaired) electrons. The van der Waals surface area contributed by atoms with E-state index in [0.29, 0.717) is 18.0 Å². The molecule has 3 rings (SSSR count). The maximum atomic E-state index is 13.4. The summed E-state index contributed by atoms with van der Waals surface area (Å²) in [6, 6.07) is 8.21. The maximum absolute atomic E-state index is 13.4. The van der Waals surface area contributed by atoms with Crippen LogP contribution in [-0.4, -0.2) is 29.2 Å². The minimum atomic E-state index is -3.87. The van der Waals surface area contributed by atoms with Gasteiger partial charge in [0.15, 0.2) is 0 Å². The lowest BCUT2D eigenvalue weighted by atomic mass is 10.1. The summed E-state index contributed by atoms with van der Waals surface area (Å²) in [5, 5.41) is 0.252. The molecular weight excluding hydrogens is 376 g/mol. The van der Waals surface area contributed by atoms with Crippen molar-refractivity contribution in [2.45, 2.75) is 24.2 Å². The van der Waals surface area contributed by atoms with Gasteiger partial charge >= 0.3 is 0 Å². The minimum absolute atomic E-state index is 0.00516. The number of hydrogen-bond donors (Lipinski definition) is 1. The molecule has 1 aliphatic heterocycles. The van der Waals surface area contributed by atoms with E-state index in [4.69, 9.17) is 26.8 Å².